The van der Waals surface area contributed by atoms with Gasteiger partial charge in [0.05, 0.1) is 64.2 Å². The van der Waals surface area contributed by atoms with Gasteiger partial charge in [0.2, 0.25) is 11.8 Å². The second-order valence-corrected chi connectivity index (χ2v) is 9.49. The summed E-state index contributed by atoms with van der Waals surface area (Å²) < 4.78 is 21.7. The van der Waals surface area contributed by atoms with Crippen molar-refractivity contribution in [2.75, 3.05) is 64.3 Å². The van der Waals surface area contributed by atoms with E-state index in [9.17, 15) is 9.59 Å². The summed E-state index contributed by atoms with van der Waals surface area (Å²) in [7, 11) is 0. The number of H-pyrrole nitrogens is 1. The maximum absolute atomic E-state index is 13.4. The highest BCUT2D eigenvalue weighted by Crippen LogP contribution is 2.39. The maximum Gasteiger partial charge on any atom is 0.229 e. The van der Waals surface area contributed by atoms with Crippen molar-refractivity contribution in [3.8, 4) is 22.5 Å². The predicted octanol–water partition coefficient (Wildman–Crippen LogP) is 3.36. The first kappa shape index (κ1) is 30.3. The number of fused-ring (bicyclic) bond motifs is 5. The minimum absolute atomic E-state index is 0.0886. The van der Waals surface area contributed by atoms with Gasteiger partial charge in [0.15, 0.2) is 0 Å². The summed E-state index contributed by atoms with van der Waals surface area (Å²) in [5.74, 6) is -0.252. The van der Waals surface area contributed by atoms with E-state index in [4.69, 9.17) is 18.9 Å². The molecular weight excluding hydrogens is 526 g/mol. The van der Waals surface area contributed by atoms with Gasteiger partial charge in [0.25, 0.3) is 0 Å². The number of anilines is 1. The first-order chi connectivity index (χ1) is 20.2. The Hall–Kier alpha value is -3.64. The summed E-state index contributed by atoms with van der Waals surface area (Å²) in [6, 6.07) is 15.6. The summed E-state index contributed by atoms with van der Waals surface area (Å²) >= 11 is 0. The molecule has 0 radical (unpaired) electrons. The van der Waals surface area contributed by atoms with Crippen molar-refractivity contribution in [3.05, 3.63) is 54.1 Å². The summed E-state index contributed by atoms with van der Waals surface area (Å²) in [6.07, 6.45) is 1.38. The van der Waals surface area contributed by atoms with Crippen LogP contribution in [0.1, 0.15) is 31.7 Å². The van der Waals surface area contributed by atoms with E-state index in [1.807, 2.05) is 48.5 Å². The second kappa shape index (κ2) is 16.6. The zero-order valence-corrected chi connectivity index (χ0v) is 23.6. The molecule has 220 valence electrons. The van der Waals surface area contributed by atoms with Gasteiger partial charge in [0, 0.05) is 37.1 Å². The molecule has 0 fully saturated rings. The largest absolute Gasteiger partial charge is 0.379 e. The molecule has 0 atom stereocenters. The van der Waals surface area contributed by atoms with Crippen LogP contribution in [0.15, 0.2) is 48.5 Å². The lowest BCUT2D eigenvalue weighted by molar-refractivity contribution is -0.122. The molecule has 2 amide bonds. The van der Waals surface area contributed by atoms with Crippen molar-refractivity contribution in [1.82, 2.24) is 20.7 Å². The van der Waals surface area contributed by atoms with Crippen molar-refractivity contribution < 1.29 is 28.5 Å². The standard InChI is InChI=1S/C30H39N5O6/c1-2-14-38-16-18-40-20-21-41-19-17-39-15-12-27(36)31-13-11-28(37)35-22-23-7-3-4-8-24(23)29-30(33-34-32-29)25-9-5-6-10-26(25)35/h3-10H,2,11-22H2,1H3,(H,31,36)(H,32,33,34). The molecular formula is C30H39N5O6. The van der Waals surface area contributed by atoms with Crippen LogP contribution in [0.5, 0.6) is 0 Å². The molecule has 3 aromatic rings. The zero-order valence-electron chi connectivity index (χ0n) is 23.6. The van der Waals surface area contributed by atoms with Crippen LogP contribution in [-0.2, 0) is 35.1 Å². The number of nitrogens with one attached hydrogen (secondary N) is 2. The van der Waals surface area contributed by atoms with Gasteiger partial charge in [-0.15, -0.1) is 5.10 Å². The van der Waals surface area contributed by atoms with Gasteiger partial charge in [-0.05, 0) is 18.1 Å². The summed E-state index contributed by atoms with van der Waals surface area (Å²) in [4.78, 5) is 27.5. The van der Waals surface area contributed by atoms with E-state index in [0.29, 0.717) is 46.2 Å². The Morgan fingerprint density at radius 2 is 1.46 bits per heavy atom. The van der Waals surface area contributed by atoms with Gasteiger partial charge in [-0.1, -0.05) is 54.6 Å². The van der Waals surface area contributed by atoms with Crippen molar-refractivity contribution >= 4 is 17.5 Å². The lowest BCUT2D eigenvalue weighted by Crippen LogP contribution is -2.35. The number of carbonyl (C=O) groups excluding carboxylic acids is 2. The molecule has 2 aromatic carbocycles. The maximum atomic E-state index is 13.4. The summed E-state index contributed by atoms with van der Waals surface area (Å²) in [6.45, 7) is 6.71. The average Bonchev–Trinajstić information content (AvgIpc) is 3.47. The van der Waals surface area contributed by atoms with Crippen LogP contribution in [0.4, 0.5) is 5.69 Å². The molecule has 0 spiro atoms. The number of hydrogen-bond acceptors (Lipinski definition) is 8. The zero-order chi connectivity index (χ0) is 28.7. The van der Waals surface area contributed by atoms with E-state index in [-0.39, 0.29) is 37.8 Å². The monoisotopic (exact) mass is 565 g/mol. The molecule has 2 N–H and O–H groups in total. The van der Waals surface area contributed by atoms with E-state index >= 15 is 0 Å². The Balaban J connectivity index is 1.16. The number of ether oxygens (including phenoxy) is 4. The number of aromatic nitrogens is 3. The van der Waals surface area contributed by atoms with Crippen molar-refractivity contribution in [2.24, 2.45) is 0 Å². The normalized spacial score (nSPS) is 12.2. The first-order valence-corrected chi connectivity index (χ1v) is 14.2. The number of hydrogen-bond donors (Lipinski definition) is 2. The van der Waals surface area contributed by atoms with Crippen LogP contribution < -0.4 is 10.2 Å². The van der Waals surface area contributed by atoms with Gasteiger partial charge < -0.3 is 29.2 Å². The highest BCUT2D eigenvalue weighted by Gasteiger charge is 2.27. The van der Waals surface area contributed by atoms with Crippen LogP contribution >= 0.6 is 0 Å². The Bertz CT molecular complexity index is 1250. The molecule has 0 bridgehead atoms. The number of rotatable bonds is 17. The third-order valence-corrected chi connectivity index (χ3v) is 6.51. The second-order valence-electron chi connectivity index (χ2n) is 9.49. The summed E-state index contributed by atoms with van der Waals surface area (Å²) in [5.41, 5.74) is 5.06. The fourth-order valence-electron chi connectivity index (χ4n) is 4.50. The molecule has 4 rings (SSSR count). The molecule has 11 nitrogen and oxygen atoms in total. The molecule has 1 aromatic heterocycles. The lowest BCUT2D eigenvalue weighted by Gasteiger charge is -2.28. The van der Waals surface area contributed by atoms with Gasteiger partial charge in [-0.2, -0.15) is 0 Å². The number of para-hydroxylation sites is 1. The smallest absolute Gasteiger partial charge is 0.229 e. The van der Waals surface area contributed by atoms with Crippen LogP contribution in [0.25, 0.3) is 22.5 Å². The predicted molar refractivity (Wildman–Crippen MR) is 154 cm³/mol. The van der Waals surface area contributed by atoms with Gasteiger partial charge >= 0.3 is 0 Å². The fourth-order valence-corrected chi connectivity index (χ4v) is 4.50. The van der Waals surface area contributed by atoms with E-state index in [1.54, 1.807) is 4.90 Å². The minimum Gasteiger partial charge on any atom is -0.379 e. The topological polar surface area (TPSA) is 128 Å². The highest BCUT2D eigenvalue weighted by atomic mass is 16.6. The number of nitrogens with zero attached hydrogens (tertiary/aromatic N) is 3. The van der Waals surface area contributed by atoms with E-state index in [1.165, 1.54) is 0 Å². The van der Waals surface area contributed by atoms with Crippen LogP contribution in [-0.4, -0.2) is 86.6 Å². The van der Waals surface area contributed by atoms with Crippen LogP contribution in [0.3, 0.4) is 0 Å². The lowest BCUT2D eigenvalue weighted by atomic mass is 9.96. The molecule has 1 aliphatic rings. The Labute approximate surface area is 240 Å². The van der Waals surface area contributed by atoms with Crippen LogP contribution in [0, 0.1) is 0 Å². The van der Waals surface area contributed by atoms with E-state index in [2.05, 4.69) is 27.7 Å². The van der Waals surface area contributed by atoms with Gasteiger partial charge in [0.1, 0.15) is 5.69 Å². The third-order valence-electron chi connectivity index (χ3n) is 6.51. The number of amides is 2. The Morgan fingerprint density at radius 3 is 2.20 bits per heavy atom. The fraction of sp³-hybridized carbons (Fsp3) is 0.467. The molecule has 0 aliphatic carbocycles. The molecule has 41 heavy (non-hydrogen) atoms. The molecule has 0 unspecified atom stereocenters. The molecule has 0 saturated heterocycles. The minimum atomic E-state index is -0.163. The van der Waals surface area contributed by atoms with Crippen molar-refractivity contribution in [2.45, 2.75) is 32.7 Å². The quantitative estimate of drug-likeness (QED) is 0.239. The van der Waals surface area contributed by atoms with Gasteiger partial charge in [-0.25, -0.2) is 0 Å². The third kappa shape index (κ3) is 8.92. The molecule has 0 saturated carbocycles. The molecule has 11 heteroatoms. The van der Waals surface area contributed by atoms with E-state index < -0.39 is 0 Å². The van der Waals surface area contributed by atoms with Gasteiger partial charge in [-0.3, -0.25) is 14.7 Å². The Morgan fingerprint density at radius 1 is 0.829 bits per heavy atom. The van der Waals surface area contributed by atoms with E-state index in [0.717, 1.165) is 46.8 Å². The first-order valence-electron chi connectivity index (χ1n) is 14.2. The van der Waals surface area contributed by atoms with Crippen molar-refractivity contribution in [3.63, 3.8) is 0 Å². The summed E-state index contributed by atoms with van der Waals surface area (Å²) in [5, 5.41) is 14.2. The SMILES string of the molecule is CCCOCCOCCOCCOCCC(=O)NCCC(=O)N1Cc2ccccc2-c2nn[nH]c2-c2ccccc21. The molecule has 2 heterocycles. The Kier molecular flexibility index (Phi) is 12.3. The number of benzene rings is 2. The van der Waals surface area contributed by atoms with Crippen molar-refractivity contribution in [1.29, 1.82) is 0 Å². The highest BCUT2D eigenvalue weighted by molar-refractivity contribution is 6.00. The van der Waals surface area contributed by atoms with Crippen LogP contribution in [0.2, 0.25) is 0 Å². The number of aromatic amines is 1. The molecule has 1 aliphatic heterocycles. The average molecular weight is 566 g/mol. The number of carbonyl (C=O) groups is 2.